The summed E-state index contributed by atoms with van der Waals surface area (Å²) in [6.45, 7) is 3.96. The molecule has 0 aliphatic carbocycles. The molecule has 2 N–H and O–H groups in total. The van der Waals surface area contributed by atoms with Gasteiger partial charge in [-0.3, -0.25) is 0 Å². The van der Waals surface area contributed by atoms with Gasteiger partial charge in [-0.05, 0) is 24.6 Å². The van der Waals surface area contributed by atoms with Gasteiger partial charge in [-0.15, -0.1) is 12.4 Å². The molecule has 0 aliphatic rings. The summed E-state index contributed by atoms with van der Waals surface area (Å²) in [5.41, 5.74) is 0.909. The van der Waals surface area contributed by atoms with Crippen LogP contribution in [0.3, 0.4) is 0 Å². The second-order valence-corrected chi connectivity index (χ2v) is 6.98. The third-order valence-corrected chi connectivity index (χ3v) is 5.15. The summed E-state index contributed by atoms with van der Waals surface area (Å²) in [7, 11) is -0.542. The molecule has 0 saturated carbocycles. The van der Waals surface area contributed by atoms with Gasteiger partial charge in [-0.25, -0.2) is 13.1 Å². The third-order valence-electron chi connectivity index (χ3n) is 2.81. The molecule has 6 nitrogen and oxygen atoms in total. The Bertz CT molecular complexity index is 569. The molecule has 9 heteroatoms. The fourth-order valence-corrected chi connectivity index (χ4v) is 3.36. The monoisotopic (exact) mass is 416 g/mol. The van der Waals surface area contributed by atoms with Crippen molar-refractivity contribution in [3.05, 3.63) is 22.2 Å². The quantitative estimate of drug-likeness (QED) is 0.598. The van der Waals surface area contributed by atoms with Gasteiger partial charge in [0.1, 0.15) is 10.6 Å². The van der Waals surface area contributed by atoms with Crippen molar-refractivity contribution >= 4 is 38.4 Å². The van der Waals surface area contributed by atoms with Crippen LogP contribution in [0, 0.1) is 6.92 Å². The highest BCUT2D eigenvalue weighted by atomic mass is 79.9. The molecule has 0 atom stereocenters. The summed E-state index contributed by atoms with van der Waals surface area (Å²) < 4.78 is 37.9. The van der Waals surface area contributed by atoms with E-state index in [1.54, 1.807) is 19.2 Å². The maximum absolute atomic E-state index is 12.3. The lowest BCUT2D eigenvalue weighted by atomic mass is 10.2. The number of hydrogen-bond acceptors (Lipinski definition) is 5. The van der Waals surface area contributed by atoms with Gasteiger partial charge in [0.25, 0.3) is 0 Å². The zero-order valence-electron chi connectivity index (χ0n) is 12.8. The molecular formula is C13H22BrClN2O4S. The van der Waals surface area contributed by atoms with E-state index in [9.17, 15) is 8.42 Å². The van der Waals surface area contributed by atoms with Crippen molar-refractivity contribution in [1.29, 1.82) is 0 Å². The molecule has 0 radical (unpaired) electrons. The van der Waals surface area contributed by atoms with Gasteiger partial charge < -0.3 is 14.8 Å². The van der Waals surface area contributed by atoms with E-state index in [0.29, 0.717) is 32.0 Å². The topological polar surface area (TPSA) is 76.7 Å². The minimum atomic E-state index is -3.61. The van der Waals surface area contributed by atoms with Crippen molar-refractivity contribution in [2.75, 3.05) is 40.5 Å². The number of benzene rings is 1. The van der Waals surface area contributed by atoms with Crippen LogP contribution in [0.15, 0.2) is 21.5 Å². The molecule has 128 valence electrons. The maximum atomic E-state index is 12.3. The van der Waals surface area contributed by atoms with Crippen LogP contribution in [-0.2, 0) is 14.8 Å². The molecule has 22 heavy (non-hydrogen) atoms. The molecule has 0 spiro atoms. The lowest BCUT2D eigenvalue weighted by molar-refractivity contribution is 0.199. The average molecular weight is 418 g/mol. The van der Waals surface area contributed by atoms with Crippen molar-refractivity contribution in [1.82, 2.24) is 10.0 Å². The summed E-state index contributed by atoms with van der Waals surface area (Å²) in [6, 6.07) is 3.24. The lowest BCUT2D eigenvalue weighted by Crippen LogP contribution is -2.33. The van der Waals surface area contributed by atoms with Gasteiger partial charge in [-0.2, -0.15) is 0 Å². The Hall–Kier alpha value is -0.380. The predicted molar refractivity (Wildman–Crippen MR) is 92.6 cm³/mol. The van der Waals surface area contributed by atoms with Gasteiger partial charge in [0.2, 0.25) is 10.0 Å². The molecule has 1 aromatic rings. The Morgan fingerprint density at radius 2 is 1.86 bits per heavy atom. The molecular weight excluding hydrogens is 396 g/mol. The molecule has 1 rings (SSSR count). The van der Waals surface area contributed by atoms with Gasteiger partial charge in [0, 0.05) is 31.2 Å². The summed E-state index contributed by atoms with van der Waals surface area (Å²) in [5, 5.41) is 3.07. The minimum absolute atomic E-state index is 0. The van der Waals surface area contributed by atoms with E-state index in [-0.39, 0.29) is 17.3 Å². The number of hydrogen-bond donors (Lipinski definition) is 2. The first-order valence-corrected chi connectivity index (χ1v) is 8.73. The number of ether oxygens (including phenoxy) is 2. The Morgan fingerprint density at radius 3 is 2.45 bits per heavy atom. The van der Waals surface area contributed by atoms with Crippen LogP contribution in [0.1, 0.15) is 5.56 Å². The molecule has 0 aromatic heterocycles. The summed E-state index contributed by atoms with van der Waals surface area (Å²) in [5.74, 6) is 0.329. The molecule has 0 heterocycles. The number of sulfonamides is 1. The van der Waals surface area contributed by atoms with Crippen LogP contribution < -0.4 is 14.8 Å². The van der Waals surface area contributed by atoms with E-state index in [1.807, 2.05) is 6.92 Å². The van der Waals surface area contributed by atoms with Gasteiger partial charge in [0.05, 0.1) is 13.7 Å². The van der Waals surface area contributed by atoms with Crippen molar-refractivity contribution in [3.63, 3.8) is 0 Å². The normalized spacial score (nSPS) is 11.1. The Labute approximate surface area is 146 Å². The molecule has 0 aliphatic heterocycles. The van der Waals surface area contributed by atoms with E-state index in [1.165, 1.54) is 7.11 Å². The molecule has 0 bridgehead atoms. The van der Waals surface area contributed by atoms with Crippen molar-refractivity contribution in [2.24, 2.45) is 0 Å². The number of nitrogens with one attached hydrogen (secondary N) is 2. The summed E-state index contributed by atoms with van der Waals surface area (Å²) in [6.07, 6.45) is 0. The SMILES string of the molecule is COCCNCCNS(=O)(=O)c1cc(Br)c(C)cc1OC.Cl. The Kier molecular flexibility index (Phi) is 10.2. The van der Waals surface area contributed by atoms with E-state index in [2.05, 4.69) is 26.0 Å². The summed E-state index contributed by atoms with van der Waals surface area (Å²) >= 11 is 3.34. The summed E-state index contributed by atoms with van der Waals surface area (Å²) in [4.78, 5) is 0.124. The van der Waals surface area contributed by atoms with Gasteiger partial charge in [0.15, 0.2) is 0 Å². The molecule has 0 fully saturated rings. The standard InChI is InChI=1S/C13H21BrN2O4S.ClH/c1-10-8-12(20-3)13(9-11(10)14)21(17,18)16-5-4-15-6-7-19-2;/h8-9,15-16H,4-7H2,1-3H3;1H. The number of rotatable bonds is 9. The largest absolute Gasteiger partial charge is 0.495 e. The predicted octanol–water partition coefficient (Wildman–Crippen LogP) is 1.70. The van der Waals surface area contributed by atoms with Gasteiger partial charge in [-0.1, -0.05) is 15.9 Å². The zero-order chi connectivity index (χ0) is 15.9. The van der Waals surface area contributed by atoms with Crippen LogP contribution in [-0.4, -0.2) is 48.9 Å². The second-order valence-electron chi connectivity index (χ2n) is 4.39. The lowest BCUT2D eigenvalue weighted by Gasteiger charge is -2.13. The highest BCUT2D eigenvalue weighted by Crippen LogP contribution is 2.30. The van der Waals surface area contributed by atoms with E-state index < -0.39 is 10.0 Å². The first-order valence-electron chi connectivity index (χ1n) is 6.46. The minimum Gasteiger partial charge on any atom is -0.495 e. The second kappa shape index (κ2) is 10.4. The molecule has 0 unspecified atom stereocenters. The van der Waals surface area contributed by atoms with Crippen molar-refractivity contribution in [2.45, 2.75) is 11.8 Å². The first kappa shape index (κ1) is 21.6. The van der Waals surface area contributed by atoms with Crippen molar-refractivity contribution < 1.29 is 17.9 Å². The Morgan fingerprint density at radius 1 is 1.18 bits per heavy atom. The van der Waals surface area contributed by atoms with Crippen LogP contribution in [0.25, 0.3) is 0 Å². The zero-order valence-corrected chi connectivity index (χ0v) is 16.0. The fraction of sp³-hybridized carbons (Fsp3) is 0.538. The highest BCUT2D eigenvalue weighted by Gasteiger charge is 2.20. The van der Waals surface area contributed by atoms with E-state index in [0.717, 1.165) is 10.0 Å². The van der Waals surface area contributed by atoms with Crippen LogP contribution in [0.4, 0.5) is 0 Å². The first-order chi connectivity index (χ1) is 9.92. The van der Waals surface area contributed by atoms with Gasteiger partial charge >= 0.3 is 0 Å². The molecule has 1 aromatic carbocycles. The smallest absolute Gasteiger partial charge is 0.244 e. The van der Waals surface area contributed by atoms with Crippen LogP contribution in [0.2, 0.25) is 0 Å². The third kappa shape index (κ3) is 6.39. The number of methoxy groups -OCH3 is 2. The van der Waals surface area contributed by atoms with E-state index in [4.69, 9.17) is 9.47 Å². The van der Waals surface area contributed by atoms with Crippen LogP contribution in [0.5, 0.6) is 5.75 Å². The fourth-order valence-electron chi connectivity index (χ4n) is 1.66. The molecule has 0 saturated heterocycles. The Balaban J connectivity index is 0.00000441. The molecule has 0 amide bonds. The maximum Gasteiger partial charge on any atom is 0.244 e. The van der Waals surface area contributed by atoms with Crippen molar-refractivity contribution in [3.8, 4) is 5.75 Å². The number of halogens is 2. The number of aryl methyl sites for hydroxylation is 1. The highest BCUT2D eigenvalue weighted by molar-refractivity contribution is 9.10. The average Bonchev–Trinajstić information content (AvgIpc) is 2.45. The van der Waals surface area contributed by atoms with E-state index >= 15 is 0 Å². The van der Waals surface area contributed by atoms with Crippen LogP contribution >= 0.6 is 28.3 Å².